The van der Waals surface area contributed by atoms with Gasteiger partial charge in [-0.1, -0.05) is 35.1 Å². The van der Waals surface area contributed by atoms with Crippen molar-refractivity contribution in [2.45, 2.75) is 19.9 Å². The first-order valence-electron chi connectivity index (χ1n) is 8.90. The first kappa shape index (κ1) is 17.7. The Balaban J connectivity index is 1.84. The number of amides is 1. The highest BCUT2D eigenvalue weighted by Gasteiger charge is 2.45. The van der Waals surface area contributed by atoms with E-state index in [1.54, 1.807) is 31.2 Å². The van der Waals surface area contributed by atoms with Crippen LogP contribution in [0.2, 0.25) is 0 Å². The topological polar surface area (TPSA) is 76.3 Å². The van der Waals surface area contributed by atoms with E-state index in [2.05, 4.69) is 10.2 Å². The Hall–Kier alpha value is -3.39. The maximum absolute atomic E-state index is 14.0. The van der Waals surface area contributed by atoms with Crippen LogP contribution in [0.3, 0.4) is 0 Å². The minimum absolute atomic E-state index is 0.0477. The second-order valence-electron chi connectivity index (χ2n) is 6.91. The van der Waals surface area contributed by atoms with Crippen LogP contribution in [0.1, 0.15) is 38.3 Å². The molecule has 1 amide bonds. The lowest BCUT2D eigenvalue weighted by Gasteiger charge is -2.22. The molecule has 6 nitrogen and oxygen atoms in total. The second-order valence-corrected chi connectivity index (χ2v) is 8.07. The van der Waals surface area contributed by atoms with Gasteiger partial charge in [0.2, 0.25) is 10.9 Å². The van der Waals surface area contributed by atoms with Crippen molar-refractivity contribution in [2.24, 2.45) is 0 Å². The van der Waals surface area contributed by atoms with Crippen LogP contribution in [0.4, 0.5) is 9.52 Å². The number of fused-ring (bicyclic) bond motifs is 2. The van der Waals surface area contributed by atoms with Crippen LogP contribution in [-0.4, -0.2) is 16.1 Å². The molecule has 5 rings (SSSR count). The molecule has 0 aliphatic carbocycles. The number of aryl methyl sites for hydroxylation is 2. The van der Waals surface area contributed by atoms with Crippen molar-refractivity contribution in [1.29, 1.82) is 0 Å². The predicted octanol–water partition coefficient (Wildman–Crippen LogP) is 4.15. The van der Waals surface area contributed by atoms with Crippen molar-refractivity contribution in [1.82, 2.24) is 10.2 Å². The van der Waals surface area contributed by atoms with Crippen LogP contribution in [0, 0.1) is 19.7 Å². The van der Waals surface area contributed by atoms with Gasteiger partial charge in [-0.25, -0.2) is 4.39 Å². The number of hydrogen-bond acceptors (Lipinski definition) is 6. The number of carbonyl (C=O) groups excluding carboxylic acids is 1. The Kier molecular flexibility index (Phi) is 3.85. The monoisotopic (exact) mass is 407 g/mol. The molecule has 0 fully saturated rings. The number of rotatable bonds is 2. The standard InChI is InChI=1S/C21H14FN3O3S/c1-10-6-7-15-14(8-10)18(26)16-17(12-4-3-5-13(22)9-12)25(20(27)19(16)28-15)21-24-23-11(2)29-21/h3-9,17H,1-2H3/t17-/m0/s1. The zero-order valence-corrected chi connectivity index (χ0v) is 16.3. The molecule has 4 aromatic rings. The van der Waals surface area contributed by atoms with Crippen molar-refractivity contribution < 1.29 is 13.6 Å². The Bertz CT molecular complexity index is 1360. The molecule has 0 saturated heterocycles. The Labute approximate surface area is 168 Å². The molecule has 3 heterocycles. The van der Waals surface area contributed by atoms with Crippen LogP contribution >= 0.6 is 11.3 Å². The molecule has 1 atom stereocenters. The van der Waals surface area contributed by atoms with Gasteiger partial charge in [0.05, 0.1) is 17.0 Å². The molecule has 1 aliphatic rings. The quantitative estimate of drug-likeness (QED) is 0.499. The minimum atomic E-state index is -0.846. The molecule has 2 aromatic heterocycles. The molecular weight excluding hydrogens is 393 g/mol. The average molecular weight is 407 g/mol. The van der Waals surface area contributed by atoms with Crippen molar-refractivity contribution in [3.8, 4) is 0 Å². The Morgan fingerprint density at radius 3 is 2.66 bits per heavy atom. The second kappa shape index (κ2) is 6.31. The maximum atomic E-state index is 14.0. The zero-order chi connectivity index (χ0) is 20.3. The van der Waals surface area contributed by atoms with Gasteiger partial charge in [0.1, 0.15) is 16.4 Å². The highest BCUT2D eigenvalue weighted by atomic mass is 32.1. The first-order valence-corrected chi connectivity index (χ1v) is 9.72. The van der Waals surface area contributed by atoms with E-state index in [9.17, 15) is 14.0 Å². The molecule has 0 unspecified atom stereocenters. The van der Waals surface area contributed by atoms with E-state index < -0.39 is 17.8 Å². The van der Waals surface area contributed by atoms with Crippen molar-refractivity contribution in [3.63, 3.8) is 0 Å². The fraction of sp³-hybridized carbons (Fsp3) is 0.143. The third kappa shape index (κ3) is 2.67. The van der Waals surface area contributed by atoms with Gasteiger partial charge in [-0.15, -0.1) is 10.2 Å². The lowest BCUT2D eigenvalue weighted by molar-refractivity contribution is 0.0970. The number of aromatic nitrogens is 2. The van der Waals surface area contributed by atoms with E-state index in [-0.39, 0.29) is 16.8 Å². The van der Waals surface area contributed by atoms with Gasteiger partial charge in [0.25, 0.3) is 5.91 Å². The normalized spacial score (nSPS) is 15.9. The van der Waals surface area contributed by atoms with Gasteiger partial charge in [-0.05, 0) is 43.7 Å². The summed E-state index contributed by atoms with van der Waals surface area (Å²) >= 11 is 1.22. The zero-order valence-electron chi connectivity index (χ0n) is 15.5. The number of hydrogen-bond donors (Lipinski definition) is 0. The SMILES string of the molecule is Cc1ccc2oc3c(c(=O)c2c1)[C@H](c1cccc(F)c1)N(c1nnc(C)s1)C3=O. The van der Waals surface area contributed by atoms with Crippen LogP contribution < -0.4 is 10.3 Å². The minimum Gasteiger partial charge on any atom is -0.450 e. The van der Waals surface area contributed by atoms with Crippen molar-refractivity contribution in [3.05, 3.63) is 86.0 Å². The maximum Gasteiger partial charge on any atom is 0.297 e. The molecule has 0 bridgehead atoms. The third-order valence-corrected chi connectivity index (χ3v) is 5.75. The fourth-order valence-corrected chi connectivity index (χ4v) is 4.37. The summed E-state index contributed by atoms with van der Waals surface area (Å²) < 4.78 is 19.9. The molecule has 0 saturated carbocycles. The largest absolute Gasteiger partial charge is 0.450 e. The van der Waals surface area contributed by atoms with E-state index >= 15 is 0 Å². The summed E-state index contributed by atoms with van der Waals surface area (Å²) in [5.41, 5.74) is 1.57. The number of anilines is 1. The lowest BCUT2D eigenvalue weighted by Crippen LogP contribution is -2.29. The summed E-state index contributed by atoms with van der Waals surface area (Å²) in [6, 6.07) is 10.2. The predicted molar refractivity (Wildman–Crippen MR) is 107 cm³/mol. The molecule has 1 aliphatic heterocycles. The van der Waals surface area contributed by atoms with Gasteiger partial charge >= 0.3 is 0 Å². The molecule has 0 radical (unpaired) electrons. The third-order valence-electron chi connectivity index (χ3n) is 4.91. The molecule has 29 heavy (non-hydrogen) atoms. The van der Waals surface area contributed by atoms with E-state index in [0.717, 1.165) is 5.56 Å². The number of benzene rings is 2. The number of carbonyl (C=O) groups is 1. The first-order chi connectivity index (χ1) is 13.9. The van der Waals surface area contributed by atoms with E-state index in [0.29, 0.717) is 26.7 Å². The smallest absolute Gasteiger partial charge is 0.297 e. The highest BCUT2D eigenvalue weighted by molar-refractivity contribution is 7.15. The van der Waals surface area contributed by atoms with Crippen LogP contribution in [0.5, 0.6) is 0 Å². The number of nitrogens with zero attached hydrogens (tertiary/aromatic N) is 3. The highest BCUT2D eigenvalue weighted by Crippen LogP contribution is 2.42. The Morgan fingerprint density at radius 2 is 1.93 bits per heavy atom. The fourth-order valence-electron chi connectivity index (χ4n) is 3.66. The van der Waals surface area contributed by atoms with Gasteiger partial charge in [-0.2, -0.15) is 0 Å². The molecule has 0 spiro atoms. The van der Waals surface area contributed by atoms with Crippen LogP contribution in [-0.2, 0) is 0 Å². The van der Waals surface area contributed by atoms with Gasteiger partial charge in [-0.3, -0.25) is 14.5 Å². The van der Waals surface area contributed by atoms with Gasteiger partial charge < -0.3 is 4.42 Å². The summed E-state index contributed by atoms with van der Waals surface area (Å²) in [5, 5.41) is 9.44. The molecule has 8 heteroatoms. The van der Waals surface area contributed by atoms with Crippen molar-refractivity contribution >= 4 is 33.3 Å². The summed E-state index contributed by atoms with van der Waals surface area (Å²) in [6.07, 6.45) is 0. The van der Waals surface area contributed by atoms with Crippen LogP contribution in [0.15, 0.2) is 51.7 Å². The summed E-state index contributed by atoms with van der Waals surface area (Å²) in [4.78, 5) is 28.0. The molecular formula is C21H14FN3O3S. The van der Waals surface area contributed by atoms with E-state index in [4.69, 9.17) is 4.42 Å². The van der Waals surface area contributed by atoms with Gasteiger partial charge in [0, 0.05) is 0 Å². The molecule has 0 N–H and O–H groups in total. The van der Waals surface area contributed by atoms with E-state index in [1.165, 1.54) is 28.4 Å². The summed E-state index contributed by atoms with van der Waals surface area (Å²) in [6.45, 7) is 3.64. The lowest BCUT2D eigenvalue weighted by atomic mass is 9.98. The number of halogens is 1. The molecule has 144 valence electrons. The van der Waals surface area contributed by atoms with Crippen LogP contribution in [0.25, 0.3) is 11.0 Å². The van der Waals surface area contributed by atoms with Gasteiger partial charge in [0.15, 0.2) is 5.43 Å². The average Bonchev–Trinajstić information content (AvgIpc) is 3.24. The Morgan fingerprint density at radius 1 is 1.10 bits per heavy atom. The van der Waals surface area contributed by atoms with E-state index in [1.807, 2.05) is 13.0 Å². The summed E-state index contributed by atoms with van der Waals surface area (Å²) in [7, 11) is 0. The van der Waals surface area contributed by atoms with Crippen molar-refractivity contribution in [2.75, 3.05) is 4.90 Å². The summed E-state index contributed by atoms with van der Waals surface area (Å²) in [5.74, 6) is -1.00. The molecule has 2 aromatic carbocycles.